The third-order valence-corrected chi connectivity index (χ3v) is 6.36. The van der Waals surface area contributed by atoms with Crippen molar-refractivity contribution in [2.24, 2.45) is 5.92 Å². The van der Waals surface area contributed by atoms with Gasteiger partial charge in [0.15, 0.2) is 6.61 Å². The van der Waals surface area contributed by atoms with Crippen molar-refractivity contribution in [1.29, 1.82) is 0 Å². The van der Waals surface area contributed by atoms with Crippen LogP contribution >= 0.6 is 34.5 Å². The summed E-state index contributed by atoms with van der Waals surface area (Å²) in [6.07, 6.45) is 1.07. The Bertz CT molecular complexity index is 889. The quantitative estimate of drug-likeness (QED) is 0.691. The molecular weight excluding hydrogens is 413 g/mol. The van der Waals surface area contributed by atoms with Gasteiger partial charge in [-0.15, -0.1) is 11.3 Å². The van der Waals surface area contributed by atoms with E-state index in [1.807, 2.05) is 0 Å². The maximum Gasteiger partial charge on any atom is 0.350 e. The molecule has 1 aliphatic heterocycles. The van der Waals surface area contributed by atoms with Crippen molar-refractivity contribution in [3.63, 3.8) is 0 Å². The van der Waals surface area contributed by atoms with Gasteiger partial charge in [-0.25, -0.2) is 4.79 Å². The van der Waals surface area contributed by atoms with Gasteiger partial charge in [0.25, 0.3) is 5.91 Å². The molecule has 9 heteroatoms. The van der Waals surface area contributed by atoms with E-state index in [4.69, 9.17) is 32.7 Å². The molecule has 1 fully saturated rings. The first-order valence-corrected chi connectivity index (χ1v) is 9.88. The normalized spacial score (nSPS) is 15.0. The molecule has 6 nitrogen and oxygen atoms in total. The summed E-state index contributed by atoms with van der Waals surface area (Å²) in [6, 6.07) is 5.16. The van der Waals surface area contributed by atoms with Crippen LogP contribution in [0.4, 0.5) is 0 Å². The van der Waals surface area contributed by atoms with E-state index in [-0.39, 0.29) is 29.3 Å². The number of hydrogen-bond acceptors (Lipinski definition) is 6. The molecule has 1 saturated heterocycles. The predicted molar refractivity (Wildman–Crippen MR) is 103 cm³/mol. The average Bonchev–Trinajstić information content (AvgIpc) is 3.01. The maximum absolute atomic E-state index is 12.3. The summed E-state index contributed by atoms with van der Waals surface area (Å²) >= 11 is 13.4. The SMILES string of the molecule is COC(=O)C1CCN(C(=O)COC(=O)c2sc3cc(Cl)ccc3c2Cl)CC1. The number of piperidine rings is 1. The zero-order chi connectivity index (χ0) is 19.6. The molecule has 1 aromatic heterocycles. The molecule has 0 unspecified atom stereocenters. The van der Waals surface area contributed by atoms with E-state index >= 15 is 0 Å². The standard InChI is InChI=1S/C18H17Cl2NO5S/c1-25-17(23)10-4-6-21(7-5-10)14(22)9-26-18(24)16-15(20)12-3-2-11(19)8-13(12)27-16/h2-3,8,10H,4-7,9H2,1H3. The van der Waals surface area contributed by atoms with E-state index in [0.29, 0.717) is 41.4 Å². The molecule has 0 saturated carbocycles. The molecule has 1 aromatic carbocycles. The van der Waals surface area contributed by atoms with Crippen LogP contribution in [0.5, 0.6) is 0 Å². The molecule has 0 bridgehead atoms. The molecule has 0 N–H and O–H groups in total. The number of ether oxygens (including phenoxy) is 2. The third-order valence-electron chi connectivity index (χ3n) is 4.49. The Hall–Kier alpha value is -1.83. The van der Waals surface area contributed by atoms with Crippen LogP contribution in [0.2, 0.25) is 10.0 Å². The Labute approximate surface area is 169 Å². The van der Waals surface area contributed by atoms with E-state index in [1.54, 1.807) is 23.1 Å². The lowest BCUT2D eigenvalue weighted by Gasteiger charge is -2.30. The highest BCUT2D eigenvalue weighted by Gasteiger charge is 2.28. The van der Waals surface area contributed by atoms with Gasteiger partial charge in [0.2, 0.25) is 0 Å². The summed E-state index contributed by atoms with van der Waals surface area (Å²) in [5.41, 5.74) is 0. The lowest BCUT2D eigenvalue weighted by Crippen LogP contribution is -2.42. The second-order valence-electron chi connectivity index (χ2n) is 6.14. The van der Waals surface area contributed by atoms with Gasteiger partial charge >= 0.3 is 11.9 Å². The average molecular weight is 430 g/mol. The number of carbonyl (C=O) groups is 3. The van der Waals surface area contributed by atoms with Crippen molar-refractivity contribution in [3.8, 4) is 0 Å². The summed E-state index contributed by atoms with van der Waals surface area (Å²) in [7, 11) is 1.35. The van der Waals surface area contributed by atoms with Gasteiger partial charge in [-0.05, 0) is 25.0 Å². The Morgan fingerprint density at radius 3 is 2.59 bits per heavy atom. The van der Waals surface area contributed by atoms with Gasteiger partial charge in [-0.3, -0.25) is 9.59 Å². The molecule has 2 heterocycles. The fourth-order valence-corrected chi connectivity index (χ4v) is 4.66. The van der Waals surface area contributed by atoms with Crippen molar-refractivity contribution in [1.82, 2.24) is 4.90 Å². The van der Waals surface area contributed by atoms with Crippen LogP contribution in [0, 0.1) is 5.92 Å². The fraction of sp³-hybridized carbons (Fsp3) is 0.389. The summed E-state index contributed by atoms with van der Waals surface area (Å²) < 4.78 is 10.6. The maximum atomic E-state index is 12.3. The lowest BCUT2D eigenvalue weighted by molar-refractivity contribution is -0.149. The highest BCUT2D eigenvalue weighted by atomic mass is 35.5. The van der Waals surface area contributed by atoms with Crippen molar-refractivity contribution < 1.29 is 23.9 Å². The second kappa shape index (κ2) is 8.46. The number of methoxy groups -OCH3 is 1. The number of halogens is 2. The van der Waals surface area contributed by atoms with Crippen LogP contribution in [-0.2, 0) is 19.1 Å². The molecule has 3 rings (SSSR count). The number of likely N-dealkylation sites (tertiary alicyclic amines) is 1. The Balaban J connectivity index is 1.57. The zero-order valence-corrected chi connectivity index (χ0v) is 16.8. The van der Waals surface area contributed by atoms with Gasteiger partial charge in [0.1, 0.15) is 4.88 Å². The van der Waals surface area contributed by atoms with Crippen LogP contribution in [0.15, 0.2) is 18.2 Å². The molecular formula is C18H17Cl2NO5S. The molecule has 0 radical (unpaired) electrons. The molecule has 27 heavy (non-hydrogen) atoms. The van der Waals surface area contributed by atoms with Gasteiger partial charge in [0, 0.05) is 28.2 Å². The number of amides is 1. The second-order valence-corrected chi connectivity index (χ2v) is 8.01. The van der Waals surface area contributed by atoms with Crippen molar-refractivity contribution >= 4 is 62.5 Å². The molecule has 0 spiro atoms. The summed E-state index contributed by atoms with van der Waals surface area (Å²) in [5, 5.41) is 1.56. The largest absolute Gasteiger partial charge is 0.469 e. The van der Waals surface area contributed by atoms with Crippen LogP contribution in [0.1, 0.15) is 22.5 Å². The number of benzene rings is 1. The lowest BCUT2D eigenvalue weighted by atomic mass is 9.97. The first-order chi connectivity index (χ1) is 12.9. The molecule has 1 amide bonds. The first-order valence-electron chi connectivity index (χ1n) is 8.31. The third kappa shape index (κ3) is 4.36. The summed E-state index contributed by atoms with van der Waals surface area (Å²) in [6.45, 7) is 0.490. The molecule has 2 aromatic rings. The van der Waals surface area contributed by atoms with Crippen molar-refractivity contribution in [3.05, 3.63) is 33.1 Å². The van der Waals surface area contributed by atoms with Gasteiger partial charge in [-0.2, -0.15) is 0 Å². The number of nitrogens with zero attached hydrogens (tertiary/aromatic N) is 1. The van der Waals surface area contributed by atoms with Gasteiger partial charge in [0.05, 0.1) is 18.1 Å². The number of rotatable bonds is 4. The molecule has 144 valence electrons. The number of carbonyl (C=O) groups excluding carboxylic acids is 3. The molecule has 1 aliphatic rings. The van der Waals surface area contributed by atoms with Crippen LogP contribution in [0.25, 0.3) is 10.1 Å². The minimum Gasteiger partial charge on any atom is -0.469 e. The predicted octanol–water partition coefficient (Wildman–Crippen LogP) is 3.78. The minimum atomic E-state index is -0.643. The van der Waals surface area contributed by atoms with Crippen molar-refractivity contribution in [2.75, 3.05) is 26.8 Å². The fourth-order valence-electron chi connectivity index (χ4n) is 2.99. The van der Waals surface area contributed by atoms with E-state index in [1.165, 1.54) is 18.4 Å². The topological polar surface area (TPSA) is 72.9 Å². The van der Waals surface area contributed by atoms with Crippen LogP contribution in [-0.4, -0.2) is 49.6 Å². The number of thiophene rings is 1. The molecule has 0 atom stereocenters. The number of fused-ring (bicyclic) bond motifs is 1. The number of esters is 2. The van der Waals surface area contributed by atoms with E-state index in [0.717, 1.165) is 4.70 Å². The summed E-state index contributed by atoms with van der Waals surface area (Å²) in [4.78, 5) is 37.9. The minimum absolute atomic E-state index is 0.189. The monoisotopic (exact) mass is 429 g/mol. The van der Waals surface area contributed by atoms with E-state index in [9.17, 15) is 14.4 Å². The number of hydrogen-bond donors (Lipinski definition) is 0. The van der Waals surface area contributed by atoms with Crippen LogP contribution in [0.3, 0.4) is 0 Å². The summed E-state index contributed by atoms with van der Waals surface area (Å²) in [5.74, 6) is -1.39. The Morgan fingerprint density at radius 2 is 1.93 bits per heavy atom. The van der Waals surface area contributed by atoms with Crippen LogP contribution < -0.4 is 0 Å². The molecule has 0 aliphatic carbocycles. The van der Waals surface area contributed by atoms with E-state index in [2.05, 4.69) is 0 Å². The smallest absolute Gasteiger partial charge is 0.350 e. The van der Waals surface area contributed by atoms with Crippen molar-refractivity contribution in [2.45, 2.75) is 12.8 Å². The van der Waals surface area contributed by atoms with Gasteiger partial charge in [-0.1, -0.05) is 29.3 Å². The first kappa shape index (κ1) is 19.9. The Kier molecular flexibility index (Phi) is 6.24. The highest BCUT2D eigenvalue weighted by molar-refractivity contribution is 7.21. The highest BCUT2D eigenvalue weighted by Crippen LogP contribution is 2.37. The van der Waals surface area contributed by atoms with E-state index < -0.39 is 5.97 Å². The zero-order valence-electron chi connectivity index (χ0n) is 14.5. The van der Waals surface area contributed by atoms with Gasteiger partial charge < -0.3 is 14.4 Å². The Morgan fingerprint density at radius 1 is 1.22 bits per heavy atom.